The number of aliphatic hydroxyl groups excluding tert-OH is 1. The van der Waals surface area contributed by atoms with E-state index in [9.17, 15) is 0 Å². The van der Waals surface area contributed by atoms with Gasteiger partial charge in [0.25, 0.3) is 0 Å². The monoisotopic (exact) mass is 180 g/mol. The molecule has 1 atom stereocenters. The summed E-state index contributed by atoms with van der Waals surface area (Å²) >= 11 is 0. The first-order valence-electron chi connectivity index (χ1n) is 4.50. The highest BCUT2D eigenvalue weighted by molar-refractivity contribution is 5.12. The zero-order valence-corrected chi connectivity index (χ0v) is 7.90. The van der Waals surface area contributed by atoms with Crippen LogP contribution in [0.25, 0.3) is 0 Å². The minimum Gasteiger partial charge on any atom is -0.396 e. The van der Waals surface area contributed by atoms with Crippen LogP contribution in [0, 0.1) is 6.92 Å². The van der Waals surface area contributed by atoms with E-state index < -0.39 is 0 Å². The van der Waals surface area contributed by atoms with Gasteiger partial charge in [0.1, 0.15) is 0 Å². The molecule has 0 radical (unpaired) electrons. The van der Waals surface area contributed by atoms with Crippen molar-refractivity contribution in [1.82, 2.24) is 4.98 Å². The second-order valence-corrected chi connectivity index (χ2v) is 3.30. The van der Waals surface area contributed by atoms with E-state index in [1.807, 2.05) is 25.3 Å². The third-order valence-corrected chi connectivity index (χ3v) is 1.94. The molecule has 0 aliphatic carbocycles. The van der Waals surface area contributed by atoms with Crippen molar-refractivity contribution in [3.63, 3.8) is 0 Å². The number of aliphatic hydroxyl groups is 1. The minimum absolute atomic E-state index is 0.0141. The van der Waals surface area contributed by atoms with Crippen molar-refractivity contribution in [3.8, 4) is 0 Å². The maximum atomic E-state index is 8.66. The highest BCUT2D eigenvalue weighted by atomic mass is 16.3. The Morgan fingerprint density at radius 3 is 2.85 bits per heavy atom. The number of nitrogens with zero attached hydrogens (tertiary/aromatic N) is 1. The first kappa shape index (κ1) is 10.2. The summed E-state index contributed by atoms with van der Waals surface area (Å²) in [6.45, 7) is 2.15. The van der Waals surface area contributed by atoms with Crippen molar-refractivity contribution < 1.29 is 5.11 Å². The molecule has 0 saturated heterocycles. The predicted molar refractivity (Wildman–Crippen MR) is 52.4 cm³/mol. The summed E-state index contributed by atoms with van der Waals surface area (Å²) in [5.41, 5.74) is 7.90. The third kappa shape index (κ3) is 3.53. The van der Waals surface area contributed by atoms with E-state index in [1.165, 1.54) is 0 Å². The molecular formula is C10H16N2O. The molecule has 0 saturated carbocycles. The molecule has 3 nitrogen and oxygen atoms in total. The standard InChI is InChI=1S/C10H16N2O/c1-8-2-3-10(12-7-8)6-9(11)4-5-13/h2-3,7,9,13H,4-6,11H2,1H3/t9-/m0/s1. The lowest BCUT2D eigenvalue weighted by molar-refractivity contribution is 0.275. The quantitative estimate of drug-likeness (QED) is 0.715. The van der Waals surface area contributed by atoms with Crippen LogP contribution >= 0.6 is 0 Å². The second kappa shape index (κ2) is 4.94. The van der Waals surface area contributed by atoms with Crippen molar-refractivity contribution in [2.75, 3.05) is 6.61 Å². The van der Waals surface area contributed by atoms with Gasteiger partial charge in [0.05, 0.1) is 0 Å². The number of hydrogen-bond acceptors (Lipinski definition) is 3. The summed E-state index contributed by atoms with van der Waals surface area (Å²) in [7, 11) is 0. The fourth-order valence-electron chi connectivity index (χ4n) is 1.16. The van der Waals surface area contributed by atoms with E-state index in [0.717, 1.165) is 17.7 Å². The Labute approximate surface area is 78.6 Å². The lowest BCUT2D eigenvalue weighted by Crippen LogP contribution is -2.24. The predicted octanol–water partition coefficient (Wildman–Crippen LogP) is 0.642. The van der Waals surface area contributed by atoms with Crippen LogP contribution in [0.2, 0.25) is 0 Å². The van der Waals surface area contributed by atoms with Crippen LogP contribution in [0.1, 0.15) is 17.7 Å². The van der Waals surface area contributed by atoms with Gasteiger partial charge in [-0.15, -0.1) is 0 Å². The average molecular weight is 180 g/mol. The molecular weight excluding hydrogens is 164 g/mol. The van der Waals surface area contributed by atoms with Gasteiger partial charge in [0.15, 0.2) is 0 Å². The van der Waals surface area contributed by atoms with Crippen LogP contribution in [0.15, 0.2) is 18.3 Å². The number of aryl methyl sites for hydroxylation is 1. The van der Waals surface area contributed by atoms with Crippen molar-refractivity contribution in [2.45, 2.75) is 25.8 Å². The minimum atomic E-state index is 0.0141. The van der Waals surface area contributed by atoms with Crippen molar-refractivity contribution in [2.24, 2.45) is 5.73 Å². The molecule has 0 aromatic carbocycles. The van der Waals surface area contributed by atoms with Gasteiger partial charge in [-0.1, -0.05) is 6.07 Å². The van der Waals surface area contributed by atoms with Gasteiger partial charge in [0.2, 0.25) is 0 Å². The number of hydrogen-bond donors (Lipinski definition) is 2. The van der Waals surface area contributed by atoms with Gasteiger partial charge >= 0.3 is 0 Å². The maximum Gasteiger partial charge on any atom is 0.0445 e. The molecule has 3 heteroatoms. The number of nitrogens with two attached hydrogens (primary N) is 1. The Balaban J connectivity index is 2.49. The Morgan fingerprint density at radius 1 is 1.54 bits per heavy atom. The molecule has 0 unspecified atom stereocenters. The molecule has 0 aliphatic rings. The highest BCUT2D eigenvalue weighted by Crippen LogP contribution is 2.02. The maximum absolute atomic E-state index is 8.66. The third-order valence-electron chi connectivity index (χ3n) is 1.94. The van der Waals surface area contributed by atoms with E-state index in [-0.39, 0.29) is 12.6 Å². The Hall–Kier alpha value is -0.930. The smallest absolute Gasteiger partial charge is 0.0445 e. The fourth-order valence-corrected chi connectivity index (χ4v) is 1.16. The lowest BCUT2D eigenvalue weighted by atomic mass is 10.1. The van der Waals surface area contributed by atoms with Gasteiger partial charge < -0.3 is 10.8 Å². The van der Waals surface area contributed by atoms with Gasteiger partial charge in [-0.05, 0) is 25.0 Å². The second-order valence-electron chi connectivity index (χ2n) is 3.30. The van der Waals surface area contributed by atoms with Crippen molar-refractivity contribution >= 4 is 0 Å². The summed E-state index contributed by atoms with van der Waals surface area (Å²) in [4.78, 5) is 4.24. The summed E-state index contributed by atoms with van der Waals surface area (Å²) in [5.74, 6) is 0. The van der Waals surface area contributed by atoms with Crippen LogP contribution in [0.3, 0.4) is 0 Å². The Kier molecular flexibility index (Phi) is 3.86. The van der Waals surface area contributed by atoms with Gasteiger partial charge in [-0.25, -0.2) is 0 Å². The van der Waals surface area contributed by atoms with Crippen molar-refractivity contribution in [3.05, 3.63) is 29.6 Å². The summed E-state index contributed by atoms with van der Waals surface area (Å²) in [5, 5.41) is 8.66. The normalized spacial score (nSPS) is 12.8. The molecule has 13 heavy (non-hydrogen) atoms. The SMILES string of the molecule is Cc1ccc(C[C@@H](N)CCO)nc1. The lowest BCUT2D eigenvalue weighted by Gasteiger charge is -2.08. The average Bonchev–Trinajstić information content (AvgIpc) is 2.09. The molecule has 72 valence electrons. The van der Waals surface area contributed by atoms with E-state index in [2.05, 4.69) is 4.98 Å². The topological polar surface area (TPSA) is 59.1 Å². The molecule has 0 fully saturated rings. The Morgan fingerprint density at radius 2 is 2.31 bits per heavy atom. The summed E-state index contributed by atoms with van der Waals surface area (Å²) < 4.78 is 0. The van der Waals surface area contributed by atoms with E-state index in [0.29, 0.717) is 6.42 Å². The van der Waals surface area contributed by atoms with E-state index >= 15 is 0 Å². The molecule has 1 rings (SSSR count). The highest BCUT2D eigenvalue weighted by Gasteiger charge is 2.03. The number of pyridine rings is 1. The fraction of sp³-hybridized carbons (Fsp3) is 0.500. The van der Waals surface area contributed by atoms with Crippen LogP contribution in [0.5, 0.6) is 0 Å². The summed E-state index contributed by atoms with van der Waals surface area (Å²) in [6.07, 6.45) is 3.21. The molecule has 0 amide bonds. The van der Waals surface area contributed by atoms with Crippen molar-refractivity contribution in [1.29, 1.82) is 0 Å². The first-order chi connectivity index (χ1) is 6.22. The molecule has 3 N–H and O–H groups in total. The van der Waals surface area contributed by atoms with Crippen LogP contribution in [-0.4, -0.2) is 22.7 Å². The number of rotatable bonds is 4. The molecule has 0 aliphatic heterocycles. The molecule has 0 bridgehead atoms. The van der Waals surface area contributed by atoms with Crippen LogP contribution in [0.4, 0.5) is 0 Å². The van der Waals surface area contributed by atoms with Gasteiger partial charge in [0, 0.05) is 31.0 Å². The van der Waals surface area contributed by atoms with E-state index in [1.54, 1.807) is 0 Å². The number of aromatic nitrogens is 1. The zero-order valence-electron chi connectivity index (χ0n) is 7.90. The summed E-state index contributed by atoms with van der Waals surface area (Å²) in [6, 6.07) is 4.01. The largest absolute Gasteiger partial charge is 0.396 e. The van der Waals surface area contributed by atoms with Gasteiger partial charge in [-0.3, -0.25) is 4.98 Å². The molecule has 1 heterocycles. The zero-order chi connectivity index (χ0) is 9.68. The molecule has 0 spiro atoms. The van der Waals surface area contributed by atoms with E-state index in [4.69, 9.17) is 10.8 Å². The molecule has 1 aromatic rings. The van der Waals surface area contributed by atoms with Crippen LogP contribution in [-0.2, 0) is 6.42 Å². The molecule has 1 aromatic heterocycles. The Bertz CT molecular complexity index is 246. The van der Waals surface area contributed by atoms with Gasteiger partial charge in [-0.2, -0.15) is 0 Å². The first-order valence-corrected chi connectivity index (χ1v) is 4.50. The van der Waals surface area contributed by atoms with Crippen LogP contribution < -0.4 is 5.73 Å².